The van der Waals surface area contributed by atoms with Crippen molar-refractivity contribution in [3.05, 3.63) is 29.8 Å². The second-order valence-corrected chi connectivity index (χ2v) is 6.47. The van der Waals surface area contributed by atoms with Crippen LogP contribution in [0, 0.1) is 17.6 Å². The monoisotopic (exact) mass is 292 g/mol. The largest absolute Gasteiger partial charge is 0.329 e. The molecule has 1 atom stereocenters. The highest BCUT2D eigenvalue weighted by Gasteiger charge is 2.21. The van der Waals surface area contributed by atoms with E-state index in [9.17, 15) is 17.2 Å². The zero-order valence-electron chi connectivity index (χ0n) is 10.9. The van der Waals surface area contributed by atoms with Crippen molar-refractivity contribution >= 4 is 10.0 Å². The molecule has 0 spiro atoms. The van der Waals surface area contributed by atoms with E-state index in [4.69, 9.17) is 5.73 Å². The Hall–Kier alpha value is -1.05. The molecule has 0 aromatic heterocycles. The van der Waals surface area contributed by atoms with Crippen molar-refractivity contribution in [2.45, 2.75) is 31.2 Å². The fourth-order valence-electron chi connectivity index (χ4n) is 1.69. The number of sulfonamides is 1. The van der Waals surface area contributed by atoms with Crippen molar-refractivity contribution < 1.29 is 17.2 Å². The summed E-state index contributed by atoms with van der Waals surface area (Å²) < 4.78 is 52.2. The first-order valence-corrected chi connectivity index (χ1v) is 7.42. The number of hydrogen-bond acceptors (Lipinski definition) is 3. The third-order valence-electron chi connectivity index (χ3n) is 2.56. The first-order chi connectivity index (χ1) is 8.76. The third kappa shape index (κ3) is 4.52. The quantitative estimate of drug-likeness (QED) is 0.837. The Balaban J connectivity index is 2.93. The van der Waals surface area contributed by atoms with Gasteiger partial charge in [0.05, 0.1) is 4.90 Å². The molecule has 0 aliphatic carbocycles. The highest BCUT2D eigenvalue weighted by Crippen LogP contribution is 2.15. The average Bonchev–Trinajstić information content (AvgIpc) is 2.30. The predicted molar refractivity (Wildman–Crippen MR) is 69.0 cm³/mol. The smallest absolute Gasteiger partial charge is 0.240 e. The molecule has 0 saturated heterocycles. The fourth-order valence-corrected chi connectivity index (χ4v) is 2.97. The summed E-state index contributed by atoms with van der Waals surface area (Å²) in [6, 6.07) is 2.02. The third-order valence-corrected chi connectivity index (χ3v) is 4.08. The van der Waals surface area contributed by atoms with Crippen molar-refractivity contribution in [3.8, 4) is 0 Å². The van der Waals surface area contributed by atoms with Crippen LogP contribution < -0.4 is 10.5 Å². The second-order valence-electron chi connectivity index (χ2n) is 4.76. The van der Waals surface area contributed by atoms with Gasteiger partial charge in [-0.2, -0.15) is 0 Å². The van der Waals surface area contributed by atoms with Gasteiger partial charge in [-0.3, -0.25) is 0 Å². The molecule has 0 heterocycles. The van der Waals surface area contributed by atoms with E-state index in [2.05, 4.69) is 4.72 Å². The van der Waals surface area contributed by atoms with Crippen LogP contribution in [-0.4, -0.2) is 21.0 Å². The molecule has 0 aliphatic rings. The van der Waals surface area contributed by atoms with E-state index in [-0.39, 0.29) is 17.4 Å². The van der Waals surface area contributed by atoms with Crippen LogP contribution in [0.3, 0.4) is 0 Å². The van der Waals surface area contributed by atoms with E-state index in [1.54, 1.807) is 0 Å². The molecule has 0 bridgehead atoms. The van der Waals surface area contributed by atoms with Gasteiger partial charge in [0.25, 0.3) is 0 Å². The van der Waals surface area contributed by atoms with Crippen LogP contribution >= 0.6 is 0 Å². The summed E-state index contributed by atoms with van der Waals surface area (Å²) in [5.41, 5.74) is 5.50. The molecular formula is C12H18F2N2O2S. The maximum absolute atomic E-state index is 13.0. The van der Waals surface area contributed by atoms with Crippen LogP contribution in [0.15, 0.2) is 23.1 Å². The van der Waals surface area contributed by atoms with Crippen LogP contribution in [-0.2, 0) is 10.0 Å². The summed E-state index contributed by atoms with van der Waals surface area (Å²) in [5.74, 6) is -2.02. The molecule has 0 saturated carbocycles. The van der Waals surface area contributed by atoms with Gasteiger partial charge in [0.2, 0.25) is 10.0 Å². The summed E-state index contributed by atoms with van der Waals surface area (Å²) in [6.45, 7) is 4.02. The zero-order valence-corrected chi connectivity index (χ0v) is 11.7. The van der Waals surface area contributed by atoms with E-state index >= 15 is 0 Å². The minimum atomic E-state index is -3.89. The number of halogens is 2. The molecule has 3 N–H and O–H groups in total. The Bertz CT molecular complexity index is 533. The number of hydrogen-bond donors (Lipinski definition) is 2. The summed E-state index contributed by atoms with van der Waals surface area (Å²) in [6.07, 6.45) is 0.569. The Morgan fingerprint density at radius 1 is 1.26 bits per heavy atom. The number of rotatable bonds is 6. The molecule has 4 nitrogen and oxygen atoms in total. The van der Waals surface area contributed by atoms with E-state index in [0.29, 0.717) is 12.5 Å². The van der Waals surface area contributed by atoms with Crippen molar-refractivity contribution in [1.82, 2.24) is 4.72 Å². The van der Waals surface area contributed by atoms with Crippen molar-refractivity contribution in [2.75, 3.05) is 6.54 Å². The van der Waals surface area contributed by atoms with Crippen LogP contribution in [0.4, 0.5) is 8.78 Å². The molecule has 0 radical (unpaired) electrons. The molecule has 0 amide bonds. The van der Waals surface area contributed by atoms with Crippen molar-refractivity contribution in [2.24, 2.45) is 11.7 Å². The van der Waals surface area contributed by atoms with E-state index in [1.165, 1.54) is 0 Å². The summed E-state index contributed by atoms with van der Waals surface area (Å²) in [7, 11) is -3.89. The van der Waals surface area contributed by atoms with E-state index in [0.717, 1.165) is 12.1 Å². The molecule has 1 aromatic rings. The van der Waals surface area contributed by atoms with Gasteiger partial charge in [0.15, 0.2) is 11.6 Å². The van der Waals surface area contributed by atoms with Gasteiger partial charge >= 0.3 is 0 Å². The number of nitrogens with one attached hydrogen (secondary N) is 1. The Morgan fingerprint density at radius 3 is 2.37 bits per heavy atom. The average molecular weight is 292 g/mol. The lowest BCUT2D eigenvalue weighted by molar-refractivity contribution is 0.464. The summed E-state index contributed by atoms with van der Waals surface area (Å²) in [5, 5.41) is 0. The number of nitrogens with two attached hydrogens (primary N) is 1. The zero-order chi connectivity index (χ0) is 14.6. The highest BCUT2D eigenvalue weighted by atomic mass is 32.2. The summed E-state index contributed by atoms with van der Waals surface area (Å²) in [4.78, 5) is -0.311. The van der Waals surface area contributed by atoms with Gasteiger partial charge in [0, 0.05) is 12.6 Å². The minimum Gasteiger partial charge on any atom is -0.329 e. The molecule has 1 unspecified atom stereocenters. The second kappa shape index (κ2) is 6.40. The van der Waals surface area contributed by atoms with Crippen molar-refractivity contribution in [3.63, 3.8) is 0 Å². The van der Waals surface area contributed by atoms with Crippen molar-refractivity contribution in [1.29, 1.82) is 0 Å². The maximum Gasteiger partial charge on any atom is 0.240 e. The van der Waals surface area contributed by atoms with Gasteiger partial charge < -0.3 is 5.73 Å². The lowest BCUT2D eigenvalue weighted by Crippen LogP contribution is -2.41. The van der Waals surface area contributed by atoms with Gasteiger partial charge in [0.1, 0.15) is 0 Å². The molecule has 108 valence electrons. The number of benzene rings is 1. The predicted octanol–water partition coefficient (Wildman–Crippen LogP) is 1.62. The standard InChI is InChI=1S/C12H18F2N2O2S/c1-8(2)5-9(7-15)16-19(17,18)10-3-4-11(13)12(14)6-10/h3-4,6,8-9,16H,5,7,15H2,1-2H3. The molecular weight excluding hydrogens is 274 g/mol. The molecule has 0 fully saturated rings. The first kappa shape index (κ1) is 16.0. The minimum absolute atomic E-state index is 0.140. The molecule has 1 rings (SSSR count). The topological polar surface area (TPSA) is 72.2 Å². The Labute approximate surface area is 112 Å². The first-order valence-electron chi connectivity index (χ1n) is 5.93. The Morgan fingerprint density at radius 2 is 1.89 bits per heavy atom. The highest BCUT2D eigenvalue weighted by molar-refractivity contribution is 7.89. The van der Waals surface area contributed by atoms with Gasteiger partial charge in [-0.15, -0.1) is 0 Å². The van der Waals surface area contributed by atoms with E-state index < -0.39 is 27.7 Å². The summed E-state index contributed by atoms with van der Waals surface area (Å²) >= 11 is 0. The van der Waals surface area contributed by atoms with Crippen LogP contribution in [0.1, 0.15) is 20.3 Å². The van der Waals surface area contributed by atoms with Gasteiger partial charge in [-0.1, -0.05) is 13.8 Å². The van der Waals surface area contributed by atoms with Gasteiger partial charge in [-0.25, -0.2) is 21.9 Å². The fraction of sp³-hybridized carbons (Fsp3) is 0.500. The lowest BCUT2D eigenvalue weighted by atomic mass is 10.1. The molecule has 7 heteroatoms. The van der Waals surface area contributed by atoms with Crippen LogP contribution in [0.5, 0.6) is 0 Å². The maximum atomic E-state index is 13.0. The lowest BCUT2D eigenvalue weighted by Gasteiger charge is -2.18. The molecule has 0 aliphatic heterocycles. The van der Waals surface area contributed by atoms with Crippen LogP contribution in [0.25, 0.3) is 0 Å². The molecule has 1 aromatic carbocycles. The van der Waals surface area contributed by atoms with Gasteiger partial charge in [-0.05, 0) is 30.5 Å². The van der Waals surface area contributed by atoms with Crippen LogP contribution in [0.2, 0.25) is 0 Å². The van der Waals surface area contributed by atoms with E-state index in [1.807, 2.05) is 13.8 Å². The Kier molecular flexibility index (Phi) is 5.39. The normalized spacial score (nSPS) is 13.8. The molecule has 19 heavy (non-hydrogen) atoms. The SMILES string of the molecule is CC(C)CC(CN)NS(=O)(=O)c1ccc(F)c(F)c1.